The molecule has 3 nitrogen and oxygen atoms in total. The molecule has 0 aromatic heterocycles. The van der Waals surface area contributed by atoms with Gasteiger partial charge in [-0.05, 0) is 39.9 Å². The highest BCUT2D eigenvalue weighted by Crippen LogP contribution is 2.28. The minimum Gasteiger partial charge on any atom is -0.359 e. The van der Waals surface area contributed by atoms with Crippen LogP contribution in [0.2, 0.25) is 0 Å². The first kappa shape index (κ1) is 13.8. The zero-order valence-corrected chi connectivity index (χ0v) is 11.9. The molecule has 0 atom stereocenters. The third-order valence-electron chi connectivity index (χ3n) is 3.23. The molecule has 4 heteroatoms. The molecule has 1 fully saturated rings. The Kier molecular flexibility index (Phi) is 5.62. The third-order valence-corrected chi connectivity index (χ3v) is 4.43. The van der Waals surface area contributed by atoms with Crippen LogP contribution < -0.4 is 5.32 Å². The lowest BCUT2D eigenvalue weighted by atomic mass is 9.96. The Hall–Kier alpha value is -0.220. The van der Waals surface area contributed by atoms with Gasteiger partial charge in [0, 0.05) is 17.8 Å². The average Bonchev–Trinajstić information content (AvgIpc) is 2.69. The molecule has 1 N–H and O–H groups in total. The number of nitrogens with zero attached hydrogens (tertiary/aromatic N) is 2. The second kappa shape index (κ2) is 6.50. The monoisotopic (exact) mass is 243 g/mol. The first-order valence-corrected chi connectivity index (χ1v) is 7.20. The van der Waals surface area contributed by atoms with Crippen LogP contribution in [0.4, 0.5) is 0 Å². The smallest absolute Gasteiger partial charge is 0.157 e. The van der Waals surface area contributed by atoms with Crippen molar-refractivity contribution >= 4 is 16.9 Å². The minimum atomic E-state index is 0.311. The molecule has 94 valence electrons. The SMILES string of the molecule is CCC1(CC)CSC(=NCCCN(C)C)N1. The Morgan fingerprint density at radius 2 is 2.06 bits per heavy atom. The summed E-state index contributed by atoms with van der Waals surface area (Å²) in [7, 11) is 4.21. The number of nitrogens with one attached hydrogen (secondary N) is 1. The molecule has 0 aliphatic carbocycles. The molecular formula is C12H25N3S. The molecule has 0 saturated carbocycles. The standard InChI is InChI=1S/C12H25N3S/c1-5-12(6-2)10-16-11(14-12)13-8-7-9-15(3)4/h5-10H2,1-4H3,(H,13,14). The van der Waals surface area contributed by atoms with Gasteiger partial charge in [-0.2, -0.15) is 0 Å². The van der Waals surface area contributed by atoms with Gasteiger partial charge < -0.3 is 10.2 Å². The Morgan fingerprint density at radius 1 is 1.38 bits per heavy atom. The van der Waals surface area contributed by atoms with Crippen LogP contribution in [0.3, 0.4) is 0 Å². The van der Waals surface area contributed by atoms with Crippen LogP contribution in [-0.2, 0) is 0 Å². The van der Waals surface area contributed by atoms with E-state index >= 15 is 0 Å². The van der Waals surface area contributed by atoms with E-state index in [9.17, 15) is 0 Å². The highest BCUT2D eigenvalue weighted by atomic mass is 32.2. The molecule has 0 aromatic carbocycles. The van der Waals surface area contributed by atoms with Crippen molar-refractivity contribution in [1.29, 1.82) is 0 Å². The maximum absolute atomic E-state index is 4.63. The molecule has 0 aromatic rings. The third kappa shape index (κ3) is 3.98. The zero-order valence-electron chi connectivity index (χ0n) is 11.0. The van der Waals surface area contributed by atoms with Crippen LogP contribution in [0.25, 0.3) is 0 Å². The molecule has 0 radical (unpaired) electrons. The molecule has 0 unspecified atom stereocenters. The molecule has 1 saturated heterocycles. The van der Waals surface area contributed by atoms with E-state index < -0.39 is 0 Å². The number of aliphatic imine (C=N–C) groups is 1. The highest BCUT2D eigenvalue weighted by Gasteiger charge is 2.33. The number of amidine groups is 1. The van der Waals surface area contributed by atoms with E-state index in [1.165, 1.54) is 18.6 Å². The van der Waals surface area contributed by atoms with Crippen molar-refractivity contribution in [3.63, 3.8) is 0 Å². The molecule has 1 aliphatic heterocycles. The van der Waals surface area contributed by atoms with Crippen molar-refractivity contribution in [3.05, 3.63) is 0 Å². The summed E-state index contributed by atoms with van der Waals surface area (Å²) in [5.74, 6) is 1.17. The highest BCUT2D eigenvalue weighted by molar-refractivity contribution is 8.14. The van der Waals surface area contributed by atoms with Crippen molar-refractivity contribution in [2.24, 2.45) is 4.99 Å². The molecule has 1 aliphatic rings. The number of hydrogen-bond acceptors (Lipinski definition) is 3. The van der Waals surface area contributed by atoms with Gasteiger partial charge in [0.2, 0.25) is 0 Å². The van der Waals surface area contributed by atoms with Crippen molar-refractivity contribution in [1.82, 2.24) is 10.2 Å². The summed E-state index contributed by atoms with van der Waals surface area (Å²) >= 11 is 1.88. The van der Waals surface area contributed by atoms with Crippen molar-refractivity contribution in [2.75, 3.05) is 32.9 Å². The fourth-order valence-electron chi connectivity index (χ4n) is 1.79. The van der Waals surface area contributed by atoms with Gasteiger partial charge in [-0.1, -0.05) is 25.6 Å². The van der Waals surface area contributed by atoms with Gasteiger partial charge in [0.15, 0.2) is 5.17 Å². The van der Waals surface area contributed by atoms with E-state index in [2.05, 4.69) is 43.2 Å². The second-order valence-corrected chi connectivity index (χ2v) is 5.71. The largest absolute Gasteiger partial charge is 0.359 e. The van der Waals surface area contributed by atoms with E-state index in [0.717, 1.165) is 24.7 Å². The van der Waals surface area contributed by atoms with Crippen LogP contribution >= 0.6 is 11.8 Å². The Labute approximate surface area is 104 Å². The normalized spacial score (nSPS) is 21.7. The summed E-state index contributed by atoms with van der Waals surface area (Å²) in [5.41, 5.74) is 0.311. The summed E-state index contributed by atoms with van der Waals surface area (Å²) < 4.78 is 0. The van der Waals surface area contributed by atoms with Gasteiger partial charge >= 0.3 is 0 Å². The predicted octanol–water partition coefficient (Wildman–Crippen LogP) is 2.19. The Bertz CT molecular complexity index is 234. The van der Waals surface area contributed by atoms with Gasteiger partial charge in [0.1, 0.15) is 0 Å². The fraction of sp³-hybridized carbons (Fsp3) is 0.917. The molecule has 1 heterocycles. The van der Waals surface area contributed by atoms with E-state index in [1.807, 2.05) is 11.8 Å². The summed E-state index contributed by atoms with van der Waals surface area (Å²) in [6, 6.07) is 0. The Morgan fingerprint density at radius 3 is 2.56 bits per heavy atom. The second-order valence-electron chi connectivity index (χ2n) is 4.74. The zero-order chi connectivity index (χ0) is 12.0. The fourth-order valence-corrected chi connectivity index (χ4v) is 3.15. The lowest BCUT2D eigenvalue weighted by molar-refractivity contribution is 0.400. The van der Waals surface area contributed by atoms with Crippen molar-refractivity contribution < 1.29 is 0 Å². The number of hydrogen-bond donors (Lipinski definition) is 1. The number of thioether (sulfide) groups is 1. The first-order chi connectivity index (χ1) is 7.62. The lowest BCUT2D eigenvalue weighted by Gasteiger charge is -2.25. The molecular weight excluding hydrogens is 218 g/mol. The maximum atomic E-state index is 4.63. The molecule has 1 rings (SSSR count). The van der Waals surface area contributed by atoms with Crippen LogP contribution in [0, 0.1) is 0 Å². The molecule has 0 spiro atoms. The van der Waals surface area contributed by atoms with Crippen LogP contribution in [0.5, 0.6) is 0 Å². The van der Waals surface area contributed by atoms with E-state index in [-0.39, 0.29) is 0 Å². The van der Waals surface area contributed by atoms with E-state index in [4.69, 9.17) is 0 Å². The summed E-state index contributed by atoms with van der Waals surface area (Å²) in [5, 5.41) is 4.75. The maximum Gasteiger partial charge on any atom is 0.157 e. The molecule has 16 heavy (non-hydrogen) atoms. The van der Waals surface area contributed by atoms with Gasteiger partial charge in [0.25, 0.3) is 0 Å². The molecule has 0 bridgehead atoms. The first-order valence-electron chi connectivity index (χ1n) is 6.22. The van der Waals surface area contributed by atoms with Crippen LogP contribution in [0.1, 0.15) is 33.1 Å². The van der Waals surface area contributed by atoms with Gasteiger partial charge in [-0.25, -0.2) is 0 Å². The van der Waals surface area contributed by atoms with Crippen molar-refractivity contribution in [2.45, 2.75) is 38.6 Å². The quantitative estimate of drug-likeness (QED) is 0.725. The summed E-state index contributed by atoms with van der Waals surface area (Å²) in [4.78, 5) is 6.83. The summed E-state index contributed by atoms with van der Waals surface area (Å²) in [6.07, 6.45) is 3.52. The summed E-state index contributed by atoms with van der Waals surface area (Å²) in [6.45, 7) is 6.57. The minimum absolute atomic E-state index is 0.311. The van der Waals surface area contributed by atoms with Gasteiger partial charge in [0.05, 0.1) is 0 Å². The Balaban J connectivity index is 2.32. The lowest BCUT2D eigenvalue weighted by Crippen LogP contribution is -2.42. The van der Waals surface area contributed by atoms with Gasteiger partial charge in [-0.15, -0.1) is 0 Å². The predicted molar refractivity (Wildman–Crippen MR) is 74.4 cm³/mol. The van der Waals surface area contributed by atoms with E-state index in [1.54, 1.807) is 0 Å². The number of rotatable bonds is 6. The topological polar surface area (TPSA) is 27.6 Å². The van der Waals surface area contributed by atoms with Crippen molar-refractivity contribution in [3.8, 4) is 0 Å². The van der Waals surface area contributed by atoms with E-state index in [0.29, 0.717) is 5.54 Å². The van der Waals surface area contributed by atoms with Crippen LogP contribution in [0.15, 0.2) is 4.99 Å². The van der Waals surface area contributed by atoms with Crippen LogP contribution in [-0.4, -0.2) is 48.5 Å². The average molecular weight is 243 g/mol. The van der Waals surface area contributed by atoms with Gasteiger partial charge in [-0.3, -0.25) is 4.99 Å². The molecule has 0 amide bonds.